The summed E-state index contributed by atoms with van der Waals surface area (Å²) in [4.78, 5) is 18.7. The molecule has 20 heavy (non-hydrogen) atoms. The van der Waals surface area contributed by atoms with Gasteiger partial charge in [0.05, 0.1) is 18.5 Å². The Morgan fingerprint density at radius 1 is 1.45 bits per heavy atom. The van der Waals surface area contributed by atoms with E-state index >= 15 is 0 Å². The van der Waals surface area contributed by atoms with E-state index in [-0.39, 0.29) is 5.91 Å². The fraction of sp³-hybridized carbons (Fsp3) is 0.333. The summed E-state index contributed by atoms with van der Waals surface area (Å²) < 4.78 is 5.48. The van der Waals surface area contributed by atoms with Crippen LogP contribution in [0.1, 0.15) is 23.1 Å². The zero-order valence-electron chi connectivity index (χ0n) is 11.4. The van der Waals surface area contributed by atoms with Crippen molar-refractivity contribution in [2.45, 2.75) is 19.0 Å². The topological polar surface area (TPSA) is 58.4 Å². The van der Waals surface area contributed by atoms with E-state index in [9.17, 15) is 4.79 Å². The quantitative estimate of drug-likeness (QED) is 0.919. The molecule has 0 bridgehead atoms. The van der Waals surface area contributed by atoms with Crippen molar-refractivity contribution in [1.82, 2.24) is 15.2 Å². The number of aromatic nitrogens is 1. The number of hydrogen-bond acceptors (Lipinski definition) is 4. The Kier molecular flexibility index (Phi) is 3.52. The number of carbonyl (C=O) groups excluding carboxylic acids is 1. The highest BCUT2D eigenvalue weighted by molar-refractivity contribution is 5.83. The maximum Gasteiger partial charge on any atom is 0.247 e. The second-order valence-corrected chi connectivity index (χ2v) is 4.86. The standard InChI is InChI=1S/C15H17N3O2/c1-16-13-14-11(6-9-20-14)5-8-18(15(13)19)10-12-4-2-3-7-17-12/h2-4,6-7,9,13,16H,5,8,10H2,1H3. The SMILES string of the molecule is CNC1C(=O)N(Cc2ccccn2)CCc2ccoc21. The van der Waals surface area contributed by atoms with Crippen LogP contribution in [0.5, 0.6) is 0 Å². The van der Waals surface area contributed by atoms with Gasteiger partial charge in [0, 0.05) is 12.7 Å². The molecule has 3 heterocycles. The number of likely N-dealkylation sites (N-methyl/N-ethyl adjacent to an activating group) is 1. The summed E-state index contributed by atoms with van der Waals surface area (Å²) in [7, 11) is 1.78. The van der Waals surface area contributed by atoms with Crippen molar-refractivity contribution >= 4 is 5.91 Å². The molecular weight excluding hydrogens is 254 g/mol. The minimum absolute atomic E-state index is 0.0341. The monoisotopic (exact) mass is 271 g/mol. The first-order valence-electron chi connectivity index (χ1n) is 6.72. The fourth-order valence-corrected chi connectivity index (χ4v) is 2.57. The number of carbonyl (C=O) groups is 1. The molecular formula is C15H17N3O2. The van der Waals surface area contributed by atoms with Crippen LogP contribution in [0.25, 0.3) is 0 Å². The van der Waals surface area contributed by atoms with Gasteiger partial charge in [-0.15, -0.1) is 0 Å². The molecule has 1 unspecified atom stereocenters. The Morgan fingerprint density at radius 3 is 3.10 bits per heavy atom. The van der Waals surface area contributed by atoms with Crippen molar-refractivity contribution in [2.75, 3.05) is 13.6 Å². The van der Waals surface area contributed by atoms with Crippen LogP contribution >= 0.6 is 0 Å². The van der Waals surface area contributed by atoms with Gasteiger partial charge in [0.1, 0.15) is 11.8 Å². The molecule has 1 N–H and O–H groups in total. The summed E-state index contributed by atoms with van der Waals surface area (Å²) in [6, 6.07) is 7.27. The van der Waals surface area contributed by atoms with Gasteiger partial charge in [0.25, 0.3) is 0 Å². The molecule has 0 fully saturated rings. The molecule has 3 rings (SSSR count). The number of furan rings is 1. The number of hydrogen-bond donors (Lipinski definition) is 1. The van der Waals surface area contributed by atoms with Gasteiger partial charge < -0.3 is 14.6 Å². The van der Waals surface area contributed by atoms with Crippen LogP contribution in [0.4, 0.5) is 0 Å². The van der Waals surface area contributed by atoms with Gasteiger partial charge in [-0.05, 0) is 37.2 Å². The van der Waals surface area contributed by atoms with Crippen molar-refractivity contribution in [3.05, 3.63) is 53.7 Å². The van der Waals surface area contributed by atoms with Crippen LogP contribution in [0, 0.1) is 0 Å². The van der Waals surface area contributed by atoms with Gasteiger partial charge in [0.15, 0.2) is 0 Å². The summed E-state index contributed by atoms with van der Waals surface area (Å²) in [5.74, 6) is 0.771. The van der Waals surface area contributed by atoms with Crippen LogP contribution in [-0.4, -0.2) is 29.4 Å². The molecule has 1 amide bonds. The first-order valence-corrected chi connectivity index (χ1v) is 6.72. The highest BCUT2D eigenvalue weighted by Gasteiger charge is 2.32. The molecule has 1 atom stereocenters. The number of rotatable bonds is 3. The lowest BCUT2D eigenvalue weighted by Crippen LogP contribution is -2.38. The molecule has 0 saturated carbocycles. The van der Waals surface area contributed by atoms with Gasteiger partial charge in [-0.1, -0.05) is 6.07 Å². The predicted octanol–water partition coefficient (Wildman–Crippen LogP) is 1.52. The van der Waals surface area contributed by atoms with Crippen LogP contribution in [0.3, 0.4) is 0 Å². The van der Waals surface area contributed by atoms with E-state index in [1.165, 1.54) is 0 Å². The summed E-state index contributed by atoms with van der Waals surface area (Å²) in [5.41, 5.74) is 2.00. The molecule has 0 saturated heterocycles. The predicted molar refractivity (Wildman–Crippen MR) is 73.9 cm³/mol. The molecule has 0 spiro atoms. The molecule has 1 aliphatic heterocycles. The molecule has 5 nitrogen and oxygen atoms in total. The summed E-state index contributed by atoms with van der Waals surface area (Å²) in [6.07, 6.45) is 4.20. The van der Waals surface area contributed by atoms with Crippen LogP contribution in [0.15, 0.2) is 41.1 Å². The maximum atomic E-state index is 12.6. The second kappa shape index (κ2) is 5.46. The molecule has 2 aromatic rings. The lowest BCUT2D eigenvalue weighted by atomic mass is 10.1. The summed E-state index contributed by atoms with van der Waals surface area (Å²) >= 11 is 0. The normalized spacial score (nSPS) is 18.8. The maximum absolute atomic E-state index is 12.6. The third kappa shape index (κ3) is 2.32. The van der Waals surface area contributed by atoms with E-state index in [1.807, 2.05) is 29.2 Å². The number of nitrogens with zero attached hydrogens (tertiary/aromatic N) is 2. The van der Waals surface area contributed by atoms with E-state index in [0.717, 1.165) is 23.4 Å². The Hall–Kier alpha value is -2.14. The molecule has 1 aliphatic rings. The van der Waals surface area contributed by atoms with E-state index < -0.39 is 6.04 Å². The average Bonchev–Trinajstić information content (AvgIpc) is 2.89. The van der Waals surface area contributed by atoms with Crippen LogP contribution < -0.4 is 5.32 Å². The minimum atomic E-state index is -0.411. The molecule has 2 aromatic heterocycles. The summed E-state index contributed by atoms with van der Waals surface area (Å²) in [5, 5.41) is 3.05. The number of fused-ring (bicyclic) bond motifs is 1. The van der Waals surface area contributed by atoms with Gasteiger partial charge in [-0.25, -0.2) is 0 Å². The third-order valence-electron chi connectivity index (χ3n) is 3.62. The van der Waals surface area contributed by atoms with Crippen molar-refractivity contribution in [3.63, 3.8) is 0 Å². The average molecular weight is 271 g/mol. The Bertz CT molecular complexity index is 594. The Morgan fingerprint density at radius 2 is 2.35 bits per heavy atom. The number of nitrogens with one attached hydrogen (secondary N) is 1. The minimum Gasteiger partial charge on any atom is -0.467 e. The third-order valence-corrected chi connectivity index (χ3v) is 3.62. The highest BCUT2D eigenvalue weighted by Crippen LogP contribution is 2.26. The van der Waals surface area contributed by atoms with Crippen molar-refractivity contribution < 1.29 is 9.21 Å². The smallest absolute Gasteiger partial charge is 0.247 e. The first kappa shape index (κ1) is 12.9. The molecule has 0 aromatic carbocycles. The largest absolute Gasteiger partial charge is 0.467 e. The van der Waals surface area contributed by atoms with E-state index in [1.54, 1.807) is 19.5 Å². The first-order chi connectivity index (χ1) is 9.79. The zero-order chi connectivity index (χ0) is 13.9. The van der Waals surface area contributed by atoms with Crippen molar-refractivity contribution in [2.24, 2.45) is 0 Å². The number of amides is 1. The van der Waals surface area contributed by atoms with Gasteiger partial charge >= 0.3 is 0 Å². The molecule has 104 valence electrons. The lowest BCUT2D eigenvalue weighted by Gasteiger charge is -2.23. The zero-order valence-corrected chi connectivity index (χ0v) is 11.4. The Balaban J connectivity index is 1.84. The summed E-state index contributed by atoms with van der Waals surface area (Å²) in [6.45, 7) is 1.21. The van der Waals surface area contributed by atoms with E-state index in [4.69, 9.17) is 4.42 Å². The van der Waals surface area contributed by atoms with Gasteiger partial charge in [-0.2, -0.15) is 0 Å². The van der Waals surface area contributed by atoms with Gasteiger partial charge in [-0.3, -0.25) is 9.78 Å². The molecule has 0 radical (unpaired) electrons. The highest BCUT2D eigenvalue weighted by atomic mass is 16.3. The van der Waals surface area contributed by atoms with Crippen LogP contribution in [0.2, 0.25) is 0 Å². The fourth-order valence-electron chi connectivity index (χ4n) is 2.57. The molecule has 0 aliphatic carbocycles. The van der Waals surface area contributed by atoms with Gasteiger partial charge in [0.2, 0.25) is 5.91 Å². The van der Waals surface area contributed by atoms with Crippen molar-refractivity contribution in [1.29, 1.82) is 0 Å². The van der Waals surface area contributed by atoms with Crippen molar-refractivity contribution in [3.8, 4) is 0 Å². The lowest BCUT2D eigenvalue weighted by molar-refractivity contribution is -0.134. The van der Waals surface area contributed by atoms with E-state index in [2.05, 4.69) is 10.3 Å². The Labute approximate surface area is 117 Å². The van der Waals surface area contributed by atoms with E-state index in [0.29, 0.717) is 13.1 Å². The molecule has 5 heteroatoms. The van der Waals surface area contributed by atoms with Crippen LogP contribution in [-0.2, 0) is 17.8 Å². The number of pyridine rings is 1. The second-order valence-electron chi connectivity index (χ2n) is 4.86.